The molecule has 0 saturated heterocycles. The van der Waals surface area contributed by atoms with Crippen molar-refractivity contribution >= 4 is 33.1 Å². The number of likely N-dealkylation sites (N-methyl/N-ethyl adjacent to an activating group) is 1. The summed E-state index contributed by atoms with van der Waals surface area (Å²) >= 11 is 1.31. The van der Waals surface area contributed by atoms with Crippen molar-refractivity contribution in [2.24, 2.45) is 0 Å². The lowest BCUT2D eigenvalue weighted by Crippen LogP contribution is -2.26. The molecular formula is C15H20N4OS. The molecule has 5 nitrogen and oxygen atoms in total. The van der Waals surface area contributed by atoms with Crippen LogP contribution in [0.25, 0.3) is 10.2 Å². The van der Waals surface area contributed by atoms with E-state index in [-0.39, 0.29) is 5.91 Å². The molecule has 0 unspecified atom stereocenters. The minimum atomic E-state index is -0.101. The van der Waals surface area contributed by atoms with Crippen LogP contribution in [0.4, 0.5) is 5.69 Å². The number of amides is 1. The largest absolute Gasteiger partial charge is 0.397 e. The van der Waals surface area contributed by atoms with Gasteiger partial charge in [-0.15, -0.1) is 23.0 Å². The van der Waals surface area contributed by atoms with Crippen molar-refractivity contribution in [3.8, 4) is 0 Å². The number of nitrogens with two attached hydrogens (primary N) is 1. The van der Waals surface area contributed by atoms with E-state index < -0.39 is 0 Å². The minimum absolute atomic E-state index is 0.101. The maximum absolute atomic E-state index is 12.4. The Morgan fingerprint density at radius 1 is 1.38 bits per heavy atom. The number of aryl methyl sites for hydroxylation is 2. The second kappa shape index (κ2) is 6.22. The highest BCUT2D eigenvalue weighted by Gasteiger charge is 2.22. The summed E-state index contributed by atoms with van der Waals surface area (Å²) in [5, 5.41) is 9.38. The van der Waals surface area contributed by atoms with E-state index in [0.29, 0.717) is 17.1 Å². The number of hydrogen-bond acceptors (Lipinski definition) is 5. The van der Waals surface area contributed by atoms with Crippen molar-refractivity contribution < 1.29 is 4.79 Å². The highest BCUT2D eigenvalue weighted by molar-refractivity contribution is 7.21. The third-order valence-corrected chi connectivity index (χ3v) is 4.55. The normalized spacial score (nSPS) is 10.8. The van der Waals surface area contributed by atoms with Crippen molar-refractivity contribution in [3.63, 3.8) is 0 Å². The van der Waals surface area contributed by atoms with Crippen LogP contribution >= 0.6 is 11.3 Å². The fraction of sp³-hybridized carbons (Fsp3) is 0.400. The van der Waals surface area contributed by atoms with Crippen molar-refractivity contribution in [3.05, 3.63) is 28.8 Å². The first kappa shape index (κ1) is 15.4. The number of aromatic nitrogens is 2. The Morgan fingerprint density at radius 2 is 2.10 bits per heavy atom. The van der Waals surface area contributed by atoms with Gasteiger partial charge in [-0.3, -0.25) is 4.79 Å². The van der Waals surface area contributed by atoms with E-state index in [1.807, 2.05) is 6.92 Å². The molecule has 0 aliphatic rings. The molecule has 0 bridgehead atoms. The number of anilines is 1. The van der Waals surface area contributed by atoms with Crippen LogP contribution < -0.4 is 5.73 Å². The van der Waals surface area contributed by atoms with Gasteiger partial charge < -0.3 is 10.6 Å². The van der Waals surface area contributed by atoms with Crippen LogP contribution in [0.1, 0.15) is 34.8 Å². The molecule has 0 atom stereocenters. The van der Waals surface area contributed by atoms with Gasteiger partial charge in [0, 0.05) is 19.0 Å². The summed E-state index contributed by atoms with van der Waals surface area (Å²) in [5.41, 5.74) is 8.82. The average Bonchev–Trinajstić information content (AvgIpc) is 2.83. The highest BCUT2D eigenvalue weighted by atomic mass is 32.1. The Morgan fingerprint density at radius 3 is 2.67 bits per heavy atom. The lowest BCUT2D eigenvalue weighted by atomic mass is 10.1. The quantitative estimate of drug-likeness (QED) is 0.862. The van der Waals surface area contributed by atoms with Gasteiger partial charge in [0.05, 0.1) is 11.4 Å². The number of carbonyl (C=O) groups is 1. The maximum Gasteiger partial charge on any atom is 0.266 e. The van der Waals surface area contributed by atoms with Gasteiger partial charge in [0.2, 0.25) is 0 Å². The molecule has 1 amide bonds. The molecule has 0 spiro atoms. The number of hydrogen-bond donors (Lipinski definition) is 1. The molecular weight excluding hydrogens is 284 g/mol. The summed E-state index contributed by atoms with van der Waals surface area (Å²) in [6.07, 6.45) is 3.32. The summed E-state index contributed by atoms with van der Waals surface area (Å²) in [5.74, 6) is -0.101. The summed E-state index contributed by atoms with van der Waals surface area (Å²) < 4.78 is 0. The number of nitrogens with zero attached hydrogens (tertiary/aromatic N) is 3. The first-order valence-electron chi connectivity index (χ1n) is 6.97. The van der Waals surface area contributed by atoms with E-state index >= 15 is 0 Å². The molecule has 0 radical (unpaired) electrons. The predicted octanol–water partition coefficient (Wildman–Crippen LogP) is 2.66. The lowest BCUT2D eigenvalue weighted by Gasteiger charge is -2.13. The van der Waals surface area contributed by atoms with Gasteiger partial charge in [-0.2, -0.15) is 5.10 Å². The van der Waals surface area contributed by atoms with E-state index in [0.717, 1.165) is 34.3 Å². The Balaban J connectivity index is 2.61. The molecule has 6 heteroatoms. The zero-order valence-corrected chi connectivity index (χ0v) is 13.5. The molecule has 2 aromatic rings. The SMILES string of the molecule is C=CCN(C)C(=O)c1sc2nnc(CC)c(CC)c2c1N. The monoisotopic (exact) mass is 304 g/mol. The Labute approximate surface area is 128 Å². The van der Waals surface area contributed by atoms with Gasteiger partial charge >= 0.3 is 0 Å². The first-order chi connectivity index (χ1) is 10.0. The fourth-order valence-corrected chi connectivity index (χ4v) is 3.44. The number of thiophene rings is 1. The second-order valence-corrected chi connectivity index (χ2v) is 5.83. The summed E-state index contributed by atoms with van der Waals surface area (Å²) in [6.45, 7) is 8.24. The summed E-state index contributed by atoms with van der Waals surface area (Å²) in [6, 6.07) is 0. The zero-order chi connectivity index (χ0) is 15.6. The van der Waals surface area contributed by atoms with Gasteiger partial charge in [-0.05, 0) is 18.4 Å². The van der Waals surface area contributed by atoms with E-state index in [2.05, 4.69) is 23.7 Å². The molecule has 2 rings (SSSR count). The molecule has 0 aromatic carbocycles. The van der Waals surface area contributed by atoms with Crippen LogP contribution in [0.5, 0.6) is 0 Å². The van der Waals surface area contributed by atoms with Crippen molar-refractivity contribution in [1.29, 1.82) is 0 Å². The van der Waals surface area contributed by atoms with Crippen molar-refractivity contribution in [1.82, 2.24) is 15.1 Å². The number of nitrogen functional groups attached to an aromatic ring is 1. The van der Waals surface area contributed by atoms with E-state index in [9.17, 15) is 4.79 Å². The van der Waals surface area contributed by atoms with Crippen molar-refractivity contribution in [2.45, 2.75) is 26.7 Å². The molecule has 0 saturated carbocycles. The number of fused-ring (bicyclic) bond motifs is 1. The third-order valence-electron chi connectivity index (χ3n) is 3.47. The van der Waals surface area contributed by atoms with Gasteiger partial charge in [-0.1, -0.05) is 19.9 Å². The van der Waals surface area contributed by atoms with Crippen LogP contribution in [-0.4, -0.2) is 34.6 Å². The molecule has 2 aromatic heterocycles. The smallest absolute Gasteiger partial charge is 0.266 e. The molecule has 0 aliphatic carbocycles. The van der Waals surface area contributed by atoms with Crippen LogP contribution in [0.2, 0.25) is 0 Å². The Kier molecular flexibility index (Phi) is 4.57. The summed E-state index contributed by atoms with van der Waals surface area (Å²) in [4.78, 5) is 15.3. The van der Waals surface area contributed by atoms with Gasteiger partial charge in [0.1, 0.15) is 9.71 Å². The van der Waals surface area contributed by atoms with Gasteiger partial charge in [-0.25, -0.2) is 0 Å². The predicted molar refractivity (Wildman–Crippen MR) is 87.7 cm³/mol. The Bertz CT molecular complexity index is 693. The standard InChI is InChI=1S/C15H20N4OS/c1-5-8-19(4)15(20)13-12(16)11-9(6-2)10(7-3)17-18-14(11)21-13/h5H,1,6-8,16H2,2-4H3. The minimum Gasteiger partial charge on any atom is -0.397 e. The van der Waals surface area contributed by atoms with Crippen LogP contribution in [0.15, 0.2) is 12.7 Å². The Hall–Kier alpha value is -1.95. The number of rotatable bonds is 5. The van der Waals surface area contributed by atoms with Crippen LogP contribution in [0, 0.1) is 0 Å². The second-order valence-electron chi connectivity index (χ2n) is 4.83. The topological polar surface area (TPSA) is 72.1 Å². The van der Waals surface area contributed by atoms with Gasteiger partial charge in [0.25, 0.3) is 5.91 Å². The van der Waals surface area contributed by atoms with E-state index in [4.69, 9.17) is 5.73 Å². The van der Waals surface area contributed by atoms with Crippen LogP contribution in [0.3, 0.4) is 0 Å². The van der Waals surface area contributed by atoms with Crippen molar-refractivity contribution in [2.75, 3.05) is 19.3 Å². The zero-order valence-electron chi connectivity index (χ0n) is 12.6. The first-order valence-corrected chi connectivity index (χ1v) is 7.79. The van der Waals surface area contributed by atoms with E-state index in [1.54, 1.807) is 18.0 Å². The molecule has 0 aliphatic heterocycles. The van der Waals surface area contributed by atoms with Crippen LogP contribution in [-0.2, 0) is 12.8 Å². The molecule has 0 fully saturated rings. The molecule has 21 heavy (non-hydrogen) atoms. The average molecular weight is 304 g/mol. The molecule has 2 N–H and O–H groups in total. The molecule has 2 heterocycles. The van der Waals surface area contributed by atoms with Gasteiger partial charge in [0.15, 0.2) is 0 Å². The third kappa shape index (κ3) is 2.63. The fourth-order valence-electron chi connectivity index (χ4n) is 2.38. The number of carbonyl (C=O) groups excluding carboxylic acids is 1. The summed E-state index contributed by atoms with van der Waals surface area (Å²) in [7, 11) is 1.73. The maximum atomic E-state index is 12.4. The molecule has 112 valence electrons. The van der Waals surface area contributed by atoms with E-state index in [1.165, 1.54) is 11.3 Å². The lowest BCUT2D eigenvalue weighted by molar-refractivity contribution is 0.0816. The highest BCUT2D eigenvalue weighted by Crippen LogP contribution is 2.36.